The Balaban J connectivity index is 1.87. The maximum absolute atomic E-state index is 10.7. The lowest BCUT2D eigenvalue weighted by molar-refractivity contribution is 0.0652. The smallest absolute Gasteiger partial charge is 0.374 e. The summed E-state index contributed by atoms with van der Waals surface area (Å²) in [7, 11) is 0. The molecule has 0 bridgehead atoms. The van der Waals surface area contributed by atoms with Crippen molar-refractivity contribution in [3.8, 4) is 17.0 Å². The topological polar surface area (TPSA) is 72.6 Å². The third kappa shape index (κ3) is 2.63. The zero-order valence-electron chi connectivity index (χ0n) is 9.80. The van der Waals surface area contributed by atoms with E-state index in [2.05, 4.69) is 21.1 Å². The van der Waals surface area contributed by atoms with Gasteiger partial charge in [-0.05, 0) is 47.0 Å². The maximum atomic E-state index is 10.7. The van der Waals surface area contributed by atoms with Gasteiger partial charge in [0.1, 0.15) is 11.4 Å². The number of halogens is 1. The molecule has 1 N–H and O–H groups in total. The van der Waals surface area contributed by atoms with E-state index in [4.69, 9.17) is 14.4 Å². The molecule has 0 spiro atoms. The normalized spacial score (nSPS) is 14.4. The molecule has 3 rings (SSSR count). The SMILES string of the molecule is O=C(O)c1cc(-c2ccc(OC3CC3)c(Br)c2)no1. The van der Waals surface area contributed by atoms with Gasteiger partial charge in [-0.1, -0.05) is 5.16 Å². The van der Waals surface area contributed by atoms with Crippen LogP contribution in [0.1, 0.15) is 23.4 Å². The van der Waals surface area contributed by atoms with Gasteiger partial charge in [0, 0.05) is 11.6 Å². The van der Waals surface area contributed by atoms with Gasteiger partial charge in [-0.25, -0.2) is 4.79 Å². The minimum atomic E-state index is -1.13. The third-order valence-electron chi connectivity index (χ3n) is 2.77. The van der Waals surface area contributed by atoms with Crippen molar-refractivity contribution in [3.63, 3.8) is 0 Å². The number of rotatable bonds is 4. The van der Waals surface area contributed by atoms with E-state index in [0.717, 1.165) is 28.6 Å². The molecule has 2 aromatic rings. The standard InChI is InChI=1S/C13H10BrNO4/c14-9-5-7(1-4-11(9)18-8-2-3-8)10-6-12(13(16)17)19-15-10/h1,4-6,8H,2-3H2,(H,16,17). The molecule has 1 aromatic carbocycles. The molecule has 1 aliphatic carbocycles. The molecule has 0 atom stereocenters. The Morgan fingerprint density at radius 3 is 2.79 bits per heavy atom. The summed E-state index contributed by atoms with van der Waals surface area (Å²) in [4.78, 5) is 10.7. The molecule has 0 saturated heterocycles. The summed E-state index contributed by atoms with van der Waals surface area (Å²) in [5.41, 5.74) is 1.25. The van der Waals surface area contributed by atoms with Crippen molar-refractivity contribution in [3.05, 3.63) is 34.5 Å². The summed E-state index contributed by atoms with van der Waals surface area (Å²) in [5, 5.41) is 12.5. The minimum absolute atomic E-state index is 0.176. The number of aromatic carboxylic acids is 1. The Morgan fingerprint density at radius 1 is 1.42 bits per heavy atom. The second-order valence-corrected chi connectivity index (χ2v) is 5.20. The van der Waals surface area contributed by atoms with Crippen molar-refractivity contribution >= 4 is 21.9 Å². The highest BCUT2D eigenvalue weighted by molar-refractivity contribution is 9.10. The van der Waals surface area contributed by atoms with Crippen LogP contribution in [0.3, 0.4) is 0 Å². The van der Waals surface area contributed by atoms with Crippen LogP contribution in [0.15, 0.2) is 33.3 Å². The molecule has 0 aliphatic heterocycles. The summed E-state index contributed by atoms with van der Waals surface area (Å²) >= 11 is 3.44. The minimum Gasteiger partial charge on any atom is -0.489 e. The number of nitrogens with zero attached hydrogens (tertiary/aromatic N) is 1. The van der Waals surface area contributed by atoms with Crippen LogP contribution in [0, 0.1) is 0 Å². The van der Waals surface area contributed by atoms with Gasteiger partial charge in [0.2, 0.25) is 5.76 Å². The molecule has 5 nitrogen and oxygen atoms in total. The van der Waals surface area contributed by atoms with Crippen LogP contribution in [0.2, 0.25) is 0 Å². The van der Waals surface area contributed by atoms with Gasteiger partial charge < -0.3 is 14.4 Å². The lowest BCUT2D eigenvalue weighted by Gasteiger charge is -2.07. The van der Waals surface area contributed by atoms with E-state index in [-0.39, 0.29) is 5.76 Å². The number of hydrogen-bond donors (Lipinski definition) is 1. The van der Waals surface area contributed by atoms with Crippen molar-refractivity contribution in [2.24, 2.45) is 0 Å². The van der Waals surface area contributed by atoms with Gasteiger partial charge in [-0.3, -0.25) is 0 Å². The van der Waals surface area contributed by atoms with Gasteiger partial charge in [0.25, 0.3) is 0 Å². The fourth-order valence-corrected chi connectivity index (χ4v) is 2.11. The fourth-order valence-electron chi connectivity index (χ4n) is 1.63. The van der Waals surface area contributed by atoms with Crippen molar-refractivity contribution in [1.82, 2.24) is 5.16 Å². The van der Waals surface area contributed by atoms with Crippen LogP contribution >= 0.6 is 15.9 Å². The van der Waals surface area contributed by atoms with E-state index in [9.17, 15) is 4.79 Å². The molecule has 1 fully saturated rings. The highest BCUT2D eigenvalue weighted by Gasteiger charge is 2.24. The largest absolute Gasteiger partial charge is 0.489 e. The predicted octanol–water partition coefficient (Wildman–Crippen LogP) is 3.34. The molecule has 1 saturated carbocycles. The number of aromatic nitrogens is 1. The van der Waals surface area contributed by atoms with Crippen molar-refractivity contribution in [2.45, 2.75) is 18.9 Å². The van der Waals surface area contributed by atoms with Gasteiger partial charge in [-0.2, -0.15) is 0 Å². The van der Waals surface area contributed by atoms with Crippen LogP contribution in [-0.2, 0) is 0 Å². The number of carbonyl (C=O) groups is 1. The van der Waals surface area contributed by atoms with E-state index in [0.29, 0.717) is 11.8 Å². The monoisotopic (exact) mass is 323 g/mol. The highest BCUT2D eigenvalue weighted by Crippen LogP contribution is 2.34. The summed E-state index contributed by atoms with van der Waals surface area (Å²) in [6, 6.07) is 6.89. The van der Waals surface area contributed by atoms with E-state index in [1.807, 2.05) is 18.2 Å². The van der Waals surface area contributed by atoms with Crippen LogP contribution in [0.4, 0.5) is 0 Å². The third-order valence-corrected chi connectivity index (χ3v) is 3.39. The fraction of sp³-hybridized carbons (Fsp3) is 0.231. The Morgan fingerprint density at radius 2 is 2.21 bits per heavy atom. The number of hydrogen-bond acceptors (Lipinski definition) is 4. The molecule has 0 radical (unpaired) electrons. The van der Waals surface area contributed by atoms with Crippen molar-refractivity contribution in [2.75, 3.05) is 0 Å². The van der Waals surface area contributed by atoms with Crippen LogP contribution in [-0.4, -0.2) is 22.3 Å². The Kier molecular flexibility index (Phi) is 3.02. The molecule has 19 heavy (non-hydrogen) atoms. The summed E-state index contributed by atoms with van der Waals surface area (Å²) in [6.45, 7) is 0. The molecule has 1 heterocycles. The Bertz CT molecular complexity index is 633. The quantitative estimate of drug-likeness (QED) is 0.934. The van der Waals surface area contributed by atoms with Gasteiger partial charge in [0.15, 0.2) is 0 Å². The number of carboxylic acid groups (broad SMARTS) is 1. The molecule has 6 heteroatoms. The first kappa shape index (κ1) is 12.2. The average Bonchev–Trinajstić information content (AvgIpc) is 3.05. The van der Waals surface area contributed by atoms with Gasteiger partial charge >= 0.3 is 5.97 Å². The lowest BCUT2D eigenvalue weighted by Crippen LogP contribution is -1.96. The van der Waals surface area contributed by atoms with Crippen LogP contribution < -0.4 is 4.74 Å². The summed E-state index contributed by atoms with van der Waals surface area (Å²) in [6.07, 6.45) is 2.52. The Labute approximate surface area is 117 Å². The second kappa shape index (κ2) is 4.70. The van der Waals surface area contributed by atoms with Crippen LogP contribution in [0.25, 0.3) is 11.3 Å². The van der Waals surface area contributed by atoms with Gasteiger partial charge in [-0.15, -0.1) is 0 Å². The first-order valence-corrected chi connectivity index (χ1v) is 6.59. The molecular formula is C13H10BrNO4. The first-order chi connectivity index (χ1) is 9.13. The first-order valence-electron chi connectivity index (χ1n) is 5.80. The van der Waals surface area contributed by atoms with E-state index >= 15 is 0 Å². The zero-order chi connectivity index (χ0) is 13.4. The van der Waals surface area contributed by atoms with Gasteiger partial charge in [0.05, 0.1) is 10.6 Å². The van der Waals surface area contributed by atoms with E-state index < -0.39 is 5.97 Å². The molecule has 1 aliphatic rings. The number of benzene rings is 1. The van der Waals surface area contributed by atoms with Crippen LogP contribution in [0.5, 0.6) is 5.75 Å². The van der Waals surface area contributed by atoms with Crippen molar-refractivity contribution < 1.29 is 19.2 Å². The molecule has 1 aromatic heterocycles. The average molecular weight is 324 g/mol. The van der Waals surface area contributed by atoms with E-state index in [1.165, 1.54) is 6.07 Å². The number of ether oxygens (including phenoxy) is 1. The predicted molar refractivity (Wildman–Crippen MR) is 70.2 cm³/mol. The molecule has 98 valence electrons. The summed E-state index contributed by atoms with van der Waals surface area (Å²) in [5.74, 6) is -0.524. The highest BCUT2D eigenvalue weighted by atomic mass is 79.9. The van der Waals surface area contributed by atoms with Crippen molar-refractivity contribution in [1.29, 1.82) is 0 Å². The second-order valence-electron chi connectivity index (χ2n) is 4.34. The van der Waals surface area contributed by atoms with E-state index in [1.54, 1.807) is 0 Å². The maximum Gasteiger partial charge on any atom is 0.374 e. The molecule has 0 amide bonds. The Hall–Kier alpha value is -1.82. The number of carboxylic acids is 1. The summed E-state index contributed by atoms with van der Waals surface area (Å²) < 4.78 is 11.3. The lowest BCUT2D eigenvalue weighted by atomic mass is 10.1. The molecular weight excluding hydrogens is 314 g/mol. The zero-order valence-corrected chi connectivity index (χ0v) is 11.4. The molecule has 0 unspecified atom stereocenters.